The standard InChI is InChI=1S/C37H31P3SSe/c41-39(33-23-11-3-12-24-33,34-25-13-4-14-26-34)37(38(31-19-7-1-8-20-31)32-21-9-2-10-22-32)40(42,35-27-15-5-16-28-35)36-29-17-6-18-30-36/h1-30,37H. The normalized spacial score (nSPS) is 12.6. The van der Waals surface area contributed by atoms with Crippen LogP contribution in [0.5, 0.6) is 0 Å². The Balaban J connectivity index is 1.80. The fourth-order valence-electron chi connectivity index (χ4n) is 5.58. The molecule has 0 aliphatic heterocycles. The summed E-state index contributed by atoms with van der Waals surface area (Å²) in [5.74, 6) is 0. The molecule has 1 unspecified atom stereocenters. The minimum absolute atomic E-state index is 0.120. The molecular weight excluding hydrogens is 648 g/mol. The molecule has 6 aromatic carbocycles. The van der Waals surface area contributed by atoms with Gasteiger partial charge in [-0.2, -0.15) is 0 Å². The van der Waals surface area contributed by atoms with E-state index in [-0.39, 0.29) is 5.14 Å². The van der Waals surface area contributed by atoms with Crippen LogP contribution < -0.4 is 31.8 Å². The van der Waals surface area contributed by atoms with Crippen molar-refractivity contribution < 1.29 is 0 Å². The van der Waals surface area contributed by atoms with Crippen LogP contribution >= 0.6 is 19.5 Å². The van der Waals surface area contributed by atoms with Crippen molar-refractivity contribution in [3.63, 3.8) is 0 Å². The fourth-order valence-corrected chi connectivity index (χ4v) is 30.8. The number of hydrogen-bond acceptors (Lipinski definition) is 1. The van der Waals surface area contributed by atoms with Crippen LogP contribution in [0.4, 0.5) is 0 Å². The van der Waals surface area contributed by atoms with Gasteiger partial charge in [0.2, 0.25) is 0 Å². The van der Waals surface area contributed by atoms with Gasteiger partial charge in [0.05, 0.1) is 0 Å². The van der Waals surface area contributed by atoms with Crippen molar-refractivity contribution in [3.05, 3.63) is 182 Å². The Morgan fingerprint density at radius 3 is 0.976 bits per heavy atom. The van der Waals surface area contributed by atoms with Gasteiger partial charge in [-0.25, -0.2) is 0 Å². The van der Waals surface area contributed by atoms with Gasteiger partial charge in [-0.15, -0.1) is 0 Å². The van der Waals surface area contributed by atoms with E-state index >= 15 is 0 Å². The first-order valence-corrected chi connectivity index (χ1v) is 22.3. The SMILES string of the molecule is S=P(c1ccccc1)(c1ccccc1)C(P(c1ccccc1)c1ccccc1)P(=[Se])(c1ccccc1)c1ccccc1. The van der Waals surface area contributed by atoms with Crippen LogP contribution in [0.2, 0.25) is 0 Å². The van der Waals surface area contributed by atoms with E-state index in [4.69, 9.17) is 11.8 Å². The Morgan fingerprint density at radius 1 is 0.405 bits per heavy atom. The Labute approximate surface area is 263 Å². The molecule has 0 radical (unpaired) electrons. The number of hydrogen-bond donors (Lipinski definition) is 0. The predicted octanol–water partition coefficient (Wildman–Crippen LogP) is 7.29. The summed E-state index contributed by atoms with van der Waals surface area (Å²) in [4.78, 5) is 0. The van der Waals surface area contributed by atoms with E-state index in [9.17, 15) is 0 Å². The van der Waals surface area contributed by atoms with Crippen molar-refractivity contribution in [1.29, 1.82) is 0 Å². The first kappa shape index (κ1) is 29.4. The number of rotatable bonds is 9. The van der Waals surface area contributed by atoms with E-state index in [1.54, 1.807) is 0 Å². The van der Waals surface area contributed by atoms with E-state index in [0.717, 1.165) is 0 Å². The molecule has 0 nitrogen and oxygen atoms in total. The summed E-state index contributed by atoms with van der Waals surface area (Å²) in [6.07, 6.45) is 0. The van der Waals surface area contributed by atoms with Crippen molar-refractivity contribution in [3.8, 4) is 0 Å². The monoisotopic (exact) mass is 680 g/mol. The molecule has 0 saturated heterocycles. The third kappa shape index (κ3) is 5.66. The van der Waals surface area contributed by atoms with E-state index in [1.165, 1.54) is 31.8 Å². The van der Waals surface area contributed by atoms with E-state index < -0.39 is 19.5 Å². The molecule has 0 amide bonds. The molecule has 206 valence electrons. The van der Waals surface area contributed by atoms with Gasteiger partial charge in [-0.3, -0.25) is 0 Å². The van der Waals surface area contributed by atoms with Crippen molar-refractivity contribution in [2.75, 3.05) is 0 Å². The molecule has 0 aromatic heterocycles. The zero-order chi connectivity index (χ0) is 28.8. The Morgan fingerprint density at radius 2 is 0.667 bits per heavy atom. The van der Waals surface area contributed by atoms with Crippen LogP contribution in [0.3, 0.4) is 0 Å². The summed E-state index contributed by atoms with van der Waals surface area (Å²) < 4.78 is 0. The van der Waals surface area contributed by atoms with Crippen molar-refractivity contribution in [2.45, 2.75) is 5.14 Å². The van der Waals surface area contributed by atoms with Crippen LogP contribution in [0.1, 0.15) is 0 Å². The predicted molar refractivity (Wildman–Crippen MR) is 194 cm³/mol. The molecule has 6 aromatic rings. The van der Waals surface area contributed by atoms with E-state index in [0.29, 0.717) is 0 Å². The molecule has 0 aliphatic carbocycles. The summed E-state index contributed by atoms with van der Waals surface area (Å²) >= 11 is 11.3. The van der Waals surface area contributed by atoms with Crippen molar-refractivity contribution >= 4 is 78.2 Å². The summed E-state index contributed by atoms with van der Waals surface area (Å²) in [5.41, 5.74) is -2.27. The Bertz CT molecular complexity index is 1590. The van der Waals surface area contributed by atoms with Gasteiger partial charge in [0.1, 0.15) is 0 Å². The fraction of sp³-hybridized carbons (Fsp3) is 0.0270. The van der Waals surface area contributed by atoms with Gasteiger partial charge in [0.15, 0.2) is 0 Å². The molecule has 5 heteroatoms. The summed E-state index contributed by atoms with van der Waals surface area (Å²) in [7, 11) is -0.921. The summed E-state index contributed by atoms with van der Waals surface area (Å²) in [5, 5.41) is 8.06. The minimum atomic E-state index is -2.49. The summed E-state index contributed by atoms with van der Waals surface area (Å²) in [6.45, 7) is 0. The topological polar surface area (TPSA) is 0 Å². The molecule has 0 heterocycles. The van der Waals surface area contributed by atoms with Gasteiger partial charge < -0.3 is 0 Å². The Kier molecular flexibility index (Phi) is 9.34. The van der Waals surface area contributed by atoms with Gasteiger partial charge in [0, 0.05) is 0 Å². The maximum absolute atomic E-state index is 7.32. The zero-order valence-electron chi connectivity index (χ0n) is 23.1. The molecule has 0 saturated carbocycles. The van der Waals surface area contributed by atoms with Gasteiger partial charge >= 0.3 is 265 Å². The quantitative estimate of drug-likeness (QED) is 0.114. The van der Waals surface area contributed by atoms with Crippen LogP contribution in [0.15, 0.2) is 182 Å². The molecule has 6 rings (SSSR count). The van der Waals surface area contributed by atoms with Crippen LogP contribution in [0.25, 0.3) is 0 Å². The second kappa shape index (κ2) is 13.3. The second-order valence-electron chi connectivity index (χ2n) is 10.0. The molecule has 0 fully saturated rings. The molecule has 1 atom stereocenters. The van der Waals surface area contributed by atoms with E-state index in [1.807, 2.05) is 0 Å². The molecule has 42 heavy (non-hydrogen) atoms. The second-order valence-corrected chi connectivity index (χ2v) is 24.6. The molecule has 0 N–H and O–H groups in total. The first-order chi connectivity index (χ1) is 20.6. The van der Waals surface area contributed by atoms with Crippen molar-refractivity contribution in [2.24, 2.45) is 0 Å². The first-order valence-electron chi connectivity index (χ1n) is 13.9. The molecular formula is C37H31P3SSe. The molecule has 0 bridgehead atoms. The van der Waals surface area contributed by atoms with Crippen LogP contribution in [-0.2, 0) is 11.8 Å². The third-order valence-corrected chi connectivity index (χ3v) is 29.7. The van der Waals surface area contributed by atoms with Gasteiger partial charge in [-0.1, -0.05) is 0 Å². The average molecular weight is 680 g/mol. The van der Waals surface area contributed by atoms with E-state index in [2.05, 4.69) is 197 Å². The van der Waals surface area contributed by atoms with Gasteiger partial charge in [0.25, 0.3) is 0 Å². The third-order valence-electron chi connectivity index (χ3n) is 7.51. The van der Waals surface area contributed by atoms with Gasteiger partial charge in [-0.05, 0) is 0 Å². The maximum atomic E-state index is 7.32. The van der Waals surface area contributed by atoms with Crippen LogP contribution in [-0.4, -0.2) is 20.2 Å². The molecule has 0 spiro atoms. The molecule has 0 aliphatic rings. The number of benzene rings is 6. The van der Waals surface area contributed by atoms with Crippen LogP contribution in [0, 0.1) is 0 Å². The average Bonchev–Trinajstić information content (AvgIpc) is 3.09. The zero-order valence-corrected chi connectivity index (χ0v) is 28.3. The Hall–Kier alpha value is -2.65. The van der Waals surface area contributed by atoms with Crippen molar-refractivity contribution in [1.82, 2.24) is 0 Å². The summed E-state index contributed by atoms with van der Waals surface area (Å²) in [6, 6.07) is 64.0.